The lowest BCUT2D eigenvalue weighted by atomic mass is 10.0. The molecule has 6 heteroatoms. The third-order valence-electron chi connectivity index (χ3n) is 5.02. The first-order chi connectivity index (χ1) is 16.2. The fourth-order valence-corrected chi connectivity index (χ4v) is 3.63. The Morgan fingerprint density at radius 1 is 1.21 bits per heavy atom. The van der Waals surface area contributed by atoms with Gasteiger partial charge in [-0.1, -0.05) is 56.5 Å². The van der Waals surface area contributed by atoms with Crippen LogP contribution in [-0.2, 0) is 11.8 Å². The average molecular weight is 482 g/mol. The van der Waals surface area contributed by atoms with Crippen molar-refractivity contribution in [1.29, 1.82) is 0 Å². The molecular formula is C28H39N3O2S. The Bertz CT molecular complexity index is 1220. The van der Waals surface area contributed by atoms with Crippen LogP contribution in [0.3, 0.4) is 0 Å². The predicted octanol–water partition coefficient (Wildman–Crippen LogP) is 5.37. The van der Waals surface area contributed by atoms with Crippen LogP contribution in [0, 0.1) is 6.92 Å². The van der Waals surface area contributed by atoms with E-state index in [1.807, 2.05) is 59.0 Å². The van der Waals surface area contributed by atoms with Gasteiger partial charge in [0.05, 0.1) is 16.6 Å². The molecule has 1 aliphatic heterocycles. The molecule has 2 aromatic rings. The van der Waals surface area contributed by atoms with E-state index in [1.54, 1.807) is 36.6 Å². The van der Waals surface area contributed by atoms with Crippen molar-refractivity contribution in [2.24, 2.45) is 12.0 Å². The van der Waals surface area contributed by atoms with Gasteiger partial charge in [0.2, 0.25) is 0 Å². The molecular weight excluding hydrogens is 442 g/mol. The number of hydrogen-bond donors (Lipinski definition) is 1. The lowest BCUT2D eigenvalue weighted by molar-refractivity contribution is -0.112. The zero-order chi connectivity index (χ0) is 25.8. The molecule has 1 aliphatic rings. The molecule has 0 radical (unpaired) electrons. The molecule has 2 heterocycles. The van der Waals surface area contributed by atoms with Crippen molar-refractivity contribution in [3.05, 3.63) is 74.7 Å². The summed E-state index contributed by atoms with van der Waals surface area (Å²) in [5.41, 5.74) is 5.51. The first kappa shape index (κ1) is 29.2. The van der Waals surface area contributed by atoms with E-state index in [2.05, 4.69) is 41.8 Å². The van der Waals surface area contributed by atoms with Crippen LogP contribution in [0.1, 0.15) is 54.0 Å². The molecule has 0 saturated heterocycles. The van der Waals surface area contributed by atoms with Gasteiger partial charge in [-0.3, -0.25) is 14.6 Å². The fourth-order valence-electron chi connectivity index (χ4n) is 3.19. The standard InChI is InChI=1S/C18H21N3OS.C8H12O.C2H6/c1-5-23-20-13-7-6-11(2)14(9-13)16-10-21(4)18(22)15-8-12(3)19-17(15)16;1-4-7(2)5-6-8(3)9;1-2/h6-10,12,20H,5H2,1-4H3;4-6H,1-3H3;1-2H3/b;6-5-,7-4-;. The van der Waals surface area contributed by atoms with Gasteiger partial charge in [-0.05, 0) is 70.0 Å². The maximum atomic E-state index is 12.3. The number of fused-ring (bicyclic) bond motifs is 1. The highest BCUT2D eigenvalue weighted by atomic mass is 32.2. The fraction of sp³-hybridized carbons (Fsp3) is 0.393. The van der Waals surface area contributed by atoms with E-state index in [9.17, 15) is 9.59 Å². The minimum Gasteiger partial charge on any atom is -0.330 e. The first-order valence-electron chi connectivity index (χ1n) is 11.8. The van der Waals surface area contributed by atoms with E-state index >= 15 is 0 Å². The lowest BCUT2D eigenvalue weighted by Gasteiger charge is -2.11. The van der Waals surface area contributed by atoms with Crippen molar-refractivity contribution in [2.45, 2.75) is 61.4 Å². The van der Waals surface area contributed by atoms with Gasteiger partial charge >= 0.3 is 0 Å². The normalized spacial score (nSPS) is 14.1. The van der Waals surface area contributed by atoms with E-state index in [0.29, 0.717) is 0 Å². The number of aromatic nitrogens is 1. The van der Waals surface area contributed by atoms with Crippen LogP contribution in [0.2, 0.25) is 0 Å². The number of pyridine rings is 1. The largest absolute Gasteiger partial charge is 0.330 e. The number of nitrogens with one attached hydrogen (secondary N) is 1. The van der Waals surface area contributed by atoms with Gasteiger partial charge in [0.15, 0.2) is 5.78 Å². The van der Waals surface area contributed by atoms with Gasteiger partial charge in [0.25, 0.3) is 5.56 Å². The summed E-state index contributed by atoms with van der Waals surface area (Å²) < 4.78 is 5.00. The number of allylic oxidation sites excluding steroid dienone is 4. The number of benzene rings is 1. The van der Waals surface area contributed by atoms with Crippen molar-refractivity contribution in [3.63, 3.8) is 0 Å². The van der Waals surface area contributed by atoms with Crippen LogP contribution in [-0.4, -0.2) is 22.1 Å². The molecule has 0 spiro atoms. The summed E-state index contributed by atoms with van der Waals surface area (Å²) in [5.74, 6) is 1.09. The molecule has 0 aliphatic carbocycles. The Labute approximate surface area is 208 Å². The van der Waals surface area contributed by atoms with Crippen molar-refractivity contribution in [2.75, 3.05) is 10.5 Å². The van der Waals surface area contributed by atoms with Crippen LogP contribution >= 0.6 is 11.9 Å². The Hall–Kier alpha value is -2.86. The summed E-state index contributed by atoms with van der Waals surface area (Å²) >= 11 is 1.67. The van der Waals surface area contributed by atoms with Gasteiger partial charge in [-0.25, -0.2) is 0 Å². The molecule has 34 heavy (non-hydrogen) atoms. The molecule has 184 valence electrons. The van der Waals surface area contributed by atoms with E-state index in [1.165, 1.54) is 5.56 Å². The maximum absolute atomic E-state index is 12.3. The number of ketones is 1. The summed E-state index contributed by atoms with van der Waals surface area (Å²) in [6, 6.07) is 6.37. The summed E-state index contributed by atoms with van der Waals surface area (Å²) in [4.78, 5) is 27.4. The zero-order valence-corrected chi connectivity index (χ0v) is 22.8. The molecule has 1 atom stereocenters. The summed E-state index contributed by atoms with van der Waals surface area (Å²) in [6.07, 6.45) is 9.18. The Balaban J connectivity index is 0.000000446. The molecule has 1 aromatic heterocycles. The molecule has 0 saturated carbocycles. The van der Waals surface area contributed by atoms with Crippen LogP contribution in [0.5, 0.6) is 0 Å². The highest BCUT2D eigenvalue weighted by molar-refractivity contribution is 8.00. The summed E-state index contributed by atoms with van der Waals surface area (Å²) in [5, 5.41) is 1.54. The van der Waals surface area contributed by atoms with Gasteiger partial charge in [-0.15, -0.1) is 0 Å². The molecule has 5 nitrogen and oxygen atoms in total. The number of anilines is 1. The lowest BCUT2D eigenvalue weighted by Crippen LogP contribution is -2.43. The van der Waals surface area contributed by atoms with Gasteiger partial charge in [-0.2, -0.15) is 0 Å². The second-order valence-electron chi connectivity index (χ2n) is 7.80. The van der Waals surface area contributed by atoms with E-state index in [4.69, 9.17) is 0 Å². The number of aryl methyl sites for hydroxylation is 2. The molecule has 1 aromatic carbocycles. The Kier molecular flexibility index (Phi) is 12.4. The van der Waals surface area contributed by atoms with Crippen LogP contribution in [0.4, 0.5) is 5.69 Å². The van der Waals surface area contributed by atoms with Crippen LogP contribution in [0.15, 0.2) is 58.0 Å². The quantitative estimate of drug-likeness (QED) is 0.342. The topological polar surface area (TPSA) is 63.5 Å². The van der Waals surface area contributed by atoms with Gasteiger partial charge in [0, 0.05) is 30.2 Å². The number of rotatable bonds is 6. The molecule has 0 bridgehead atoms. The number of carbonyl (C=O) groups excluding carboxylic acids is 1. The van der Waals surface area contributed by atoms with Gasteiger partial charge < -0.3 is 9.29 Å². The second-order valence-corrected chi connectivity index (χ2v) is 8.87. The zero-order valence-electron chi connectivity index (χ0n) is 22.0. The smallest absolute Gasteiger partial charge is 0.259 e. The van der Waals surface area contributed by atoms with Crippen molar-refractivity contribution < 1.29 is 4.79 Å². The highest BCUT2D eigenvalue weighted by Crippen LogP contribution is 2.25. The molecule has 1 N–H and O–H groups in total. The van der Waals surface area contributed by atoms with E-state index in [0.717, 1.165) is 38.7 Å². The first-order valence-corrected chi connectivity index (χ1v) is 12.8. The van der Waals surface area contributed by atoms with Crippen molar-refractivity contribution in [1.82, 2.24) is 4.57 Å². The average Bonchev–Trinajstić information content (AvgIpc) is 3.23. The summed E-state index contributed by atoms with van der Waals surface area (Å²) in [7, 11) is 1.80. The number of nitrogens with zero attached hydrogens (tertiary/aromatic N) is 2. The minimum atomic E-state index is 0.0188. The van der Waals surface area contributed by atoms with Crippen molar-refractivity contribution in [3.8, 4) is 11.1 Å². The van der Waals surface area contributed by atoms with Crippen molar-refractivity contribution >= 4 is 29.5 Å². The summed E-state index contributed by atoms with van der Waals surface area (Å²) in [6.45, 7) is 15.7. The number of carbonyl (C=O) groups is 1. The maximum Gasteiger partial charge on any atom is 0.259 e. The predicted molar refractivity (Wildman–Crippen MR) is 149 cm³/mol. The molecule has 0 amide bonds. The Morgan fingerprint density at radius 3 is 2.47 bits per heavy atom. The third-order valence-corrected chi connectivity index (χ3v) is 5.69. The second kappa shape index (κ2) is 14.4. The Morgan fingerprint density at radius 2 is 1.88 bits per heavy atom. The molecule has 3 rings (SSSR count). The SMILES string of the molecule is C/C=C(C)\C=C/C(C)=O.CC.CCSNc1ccc(C)c(-c2cn(C)c(=O)c3c2=NC(C)C=3)c1. The van der Waals surface area contributed by atoms with Crippen LogP contribution < -0.4 is 20.9 Å². The highest BCUT2D eigenvalue weighted by Gasteiger charge is 2.15. The van der Waals surface area contributed by atoms with E-state index in [-0.39, 0.29) is 17.4 Å². The monoisotopic (exact) mass is 481 g/mol. The van der Waals surface area contributed by atoms with Gasteiger partial charge in [0.1, 0.15) is 0 Å². The molecule has 0 fully saturated rings. The van der Waals surface area contributed by atoms with Crippen LogP contribution in [0.25, 0.3) is 17.2 Å². The third kappa shape index (κ3) is 8.17. The minimum absolute atomic E-state index is 0.0188. The van der Waals surface area contributed by atoms with E-state index < -0.39 is 0 Å². The molecule has 1 unspecified atom stereocenters. The number of hydrogen-bond acceptors (Lipinski definition) is 5.